The van der Waals surface area contributed by atoms with Crippen molar-refractivity contribution in [2.45, 2.75) is 46.1 Å². The smallest absolute Gasteiger partial charge is 0.237 e. The maximum Gasteiger partial charge on any atom is 0.237 e. The van der Waals surface area contributed by atoms with Crippen LogP contribution in [0.4, 0.5) is 0 Å². The van der Waals surface area contributed by atoms with E-state index in [0.717, 1.165) is 26.0 Å². The van der Waals surface area contributed by atoms with Crippen molar-refractivity contribution < 1.29 is 9.53 Å². The summed E-state index contributed by atoms with van der Waals surface area (Å²) < 4.78 is 5.09. The average Bonchev–Trinajstić information content (AvgIpc) is 2.34. The molecule has 0 radical (unpaired) electrons. The number of carbonyl (C=O) groups excluding carboxylic acids is 1. The molecule has 18 heavy (non-hydrogen) atoms. The van der Waals surface area contributed by atoms with Crippen molar-refractivity contribution in [2.24, 2.45) is 11.3 Å². The summed E-state index contributed by atoms with van der Waals surface area (Å²) in [6.45, 7) is 8.92. The van der Waals surface area contributed by atoms with Crippen molar-refractivity contribution in [1.29, 1.82) is 0 Å². The Morgan fingerprint density at radius 2 is 2.22 bits per heavy atom. The van der Waals surface area contributed by atoms with Crippen LogP contribution in [0, 0.1) is 11.3 Å². The molecule has 1 fully saturated rings. The van der Waals surface area contributed by atoms with Crippen LogP contribution >= 0.6 is 0 Å². The van der Waals surface area contributed by atoms with Crippen LogP contribution in [-0.4, -0.2) is 38.8 Å². The van der Waals surface area contributed by atoms with Crippen LogP contribution in [0.15, 0.2) is 0 Å². The number of amides is 1. The third-order valence-corrected chi connectivity index (χ3v) is 3.71. The number of rotatable bonds is 6. The van der Waals surface area contributed by atoms with E-state index in [1.165, 1.54) is 6.42 Å². The molecule has 2 unspecified atom stereocenters. The van der Waals surface area contributed by atoms with Gasteiger partial charge in [0.15, 0.2) is 0 Å². The number of hydrogen-bond donors (Lipinski definition) is 2. The molecule has 106 valence electrons. The van der Waals surface area contributed by atoms with E-state index in [1.807, 2.05) is 0 Å². The first-order chi connectivity index (χ1) is 8.44. The fourth-order valence-electron chi connectivity index (χ4n) is 2.22. The normalized spacial score (nSPS) is 24.9. The van der Waals surface area contributed by atoms with Gasteiger partial charge < -0.3 is 15.4 Å². The molecule has 1 saturated heterocycles. The Morgan fingerprint density at radius 3 is 2.83 bits per heavy atom. The predicted octanol–water partition coefficient (Wildman–Crippen LogP) is 1.55. The molecular formula is C14H28N2O2. The van der Waals surface area contributed by atoms with Gasteiger partial charge in [-0.15, -0.1) is 0 Å². The fourth-order valence-corrected chi connectivity index (χ4v) is 2.22. The van der Waals surface area contributed by atoms with E-state index < -0.39 is 0 Å². The Kier molecular flexibility index (Phi) is 6.09. The van der Waals surface area contributed by atoms with Crippen molar-refractivity contribution in [2.75, 3.05) is 26.8 Å². The fraction of sp³-hybridized carbons (Fsp3) is 0.929. The van der Waals surface area contributed by atoms with Gasteiger partial charge in [-0.2, -0.15) is 0 Å². The lowest BCUT2D eigenvalue weighted by Gasteiger charge is -2.30. The van der Waals surface area contributed by atoms with Gasteiger partial charge in [-0.1, -0.05) is 20.8 Å². The van der Waals surface area contributed by atoms with Gasteiger partial charge in [0, 0.05) is 20.3 Å². The highest BCUT2D eigenvalue weighted by molar-refractivity contribution is 5.81. The molecule has 1 rings (SSSR count). The molecule has 0 aromatic heterocycles. The predicted molar refractivity (Wildman–Crippen MR) is 73.5 cm³/mol. The van der Waals surface area contributed by atoms with Crippen molar-refractivity contribution >= 4 is 5.91 Å². The Morgan fingerprint density at radius 1 is 1.50 bits per heavy atom. The summed E-state index contributed by atoms with van der Waals surface area (Å²) in [5.41, 5.74) is 0.0892. The summed E-state index contributed by atoms with van der Waals surface area (Å²) >= 11 is 0. The molecule has 1 aliphatic heterocycles. The summed E-state index contributed by atoms with van der Waals surface area (Å²) in [6, 6.07) is -0.00743. The summed E-state index contributed by atoms with van der Waals surface area (Å²) in [4.78, 5) is 12.1. The molecule has 2 N–H and O–H groups in total. The van der Waals surface area contributed by atoms with Crippen LogP contribution < -0.4 is 10.6 Å². The Balaban J connectivity index is 2.31. The van der Waals surface area contributed by atoms with E-state index >= 15 is 0 Å². The highest BCUT2D eigenvalue weighted by atomic mass is 16.5. The number of methoxy groups -OCH3 is 1. The van der Waals surface area contributed by atoms with Gasteiger partial charge in [-0.25, -0.2) is 0 Å². The second-order valence-electron chi connectivity index (χ2n) is 6.26. The van der Waals surface area contributed by atoms with Crippen LogP contribution in [-0.2, 0) is 9.53 Å². The van der Waals surface area contributed by atoms with Crippen LogP contribution in [0.3, 0.4) is 0 Å². The minimum atomic E-state index is -0.00743. The average molecular weight is 256 g/mol. The molecule has 4 nitrogen and oxygen atoms in total. The van der Waals surface area contributed by atoms with Crippen LogP contribution in [0.2, 0.25) is 0 Å². The van der Waals surface area contributed by atoms with Crippen LogP contribution in [0.5, 0.6) is 0 Å². The quantitative estimate of drug-likeness (QED) is 0.758. The van der Waals surface area contributed by atoms with Gasteiger partial charge >= 0.3 is 0 Å². The van der Waals surface area contributed by atoms with Gasteiger partial charge in [0.05, 0.1) is 6.04 Å². The molecule has 0 bridgehead atoms. The number of ether oxygens (including phenoxy) is 1. The maximum absolute atomic E-state index is 12.1. The SMILES string of the molecule is COCCC(C)(C)CNC(=O)C1CC(C)CCN1. The molecular weight excluding hydrogens is 228 g/mol. The Bertz CT molecular complexity index is 267. The van der Waals surface area contributed by atoms with E-state index in [4.69, 9.17) is 4.74 Å². The minimum Gasteiger partial charge on any atom is -0.385 e. The molecule has 1 heterocycles. The number of nitrogens with one attached hydrogen (secondary N) is 2. The van der Waals surface area contributed by atoms with Crippen LogP contribution in [0.1, 0.15) is 40.0 Å². The van der Waals surface area contributed by atoms with E-state index in [2.05, 4.69) is 31.4 Å². The third-order valence-electron chi connectivity index (χ3n) is 3.71. The highest BCUT2D eigenvalue weighted by Gasteiger charge is 2.26. The first-order valence-electron chi connectivity index (χ1n) is 6.94. The van der Waals surface area contributed by atoms with E-state index in [1.54, 1.807) is 7.11 Å². The van der Waals surface area contributed by atoms with Gasteiger partial charge in [0.2, 0.25) is 5.91 Å². The van der Waals surface area contributed by atoms with Gasteiger partial charge in [0.25, 0.3) is 0 Å². The maximum atomic E-state index is 12.1. The minimum absolute atomic E-state index is 0.00743. The molecule has 1 aliphatic rings. The van der Waals surface area contributed by atoms with Crippen molar-refractivity contribution in [3.63, 3.8) is 0 Å². The van der Waals surface area contributed by atoms with Gasteiger partial charge in [-0.05, 0) is 37.1 Å². The first kappa shape index (κ1) is 15.4. The van der Waals surface area contributed by atoms with E-state index in [-0.39, 0.29) is 17.4 Å². The molecule has 0 aromatic rings. The Labute approximate surface area is 111 Å². The lowest BCUT2D eigenvalue weighted by Crippen LogP contribution is -2.50. The molecule has 0 saturated carbocycles. The Hall–Kier alpha value is -0.610. The van der Waals surface area contributed by atoms with Crippen molar-refractivity contribution in [3.05, 3.63) is 0 Å². The third kappa shape index (κ3) is 5.36. The molecule has 0 aromatic carbocycles. The lowest BCUT2D eigenvalue weighted by molar-refractivity contribution is -0.124. The van der Waals surface area contributed by atoms with Gasteiger partial charge in [-0.3, -0.25) is 4.79 Å². The molecule has 4 heteroatoms. The van der Waals surface area contributed by atoms with E-state index in [9.17, 15) is 4.79 Å². The topological polar surface area (TPSA) is 50.4 Å². The largest absolute Gasteiger partial charge is 0.385 e. The monoisotopic (exact) mass is 256 g/mol. The summed E-state index contributed by atoms with van der Waals surface area (Å²) in [6.07, 6.45) is 3.08. The molecule has 2 atom stereocenters. The van der Waals surface area contributed by atoms with E-state index in [0.29, 0.717) is 12.5 Å². The number of piperidine rings is 1. The second kappa shape index (κ2) is 7.10. The standard InChI is InChI=1S/C14H28N2O2/c1-11-5-7-15-12(9-11)13(17)16-10-14(2,3)6-8-18-4/h11-12,15H,5-10H2,1-4H3,(H,16,17). The zero-order valence-electron chi connectivity index (χ0n) is 12.2. The molecule has 0 aliphatic carbocycles. The van der Waals surface area contributed by atoms with Crippen LogP contribution in [0.25, 0.3) is 0 Å². The van der Waals surface area contributed by atoms with Gasteiger partial charge in [0.1, 0.15) is 0 Å². The number of carbonyl (C=O) groups is 1. The zero-order valence-corrected chi connectivity index (χ0v) is 12.2. The lowest BCUT2D eigenvalue weighted by atomic mass is 9.89. The highest BCUT2D eigenvalue weighted by Crippen LogP contribution is 2.19. The van der Waals surface area contributed by atoms with Crippen molar-refractivity contribution in [3.8, 4) is 0 Å². The summed E-state index contributed by atoms with van der Waals surface area (Å²) in [5, 5.41) is 6.36. The summed E-state index contributed by atoms with van der Waals surface area (Å²) in [5.74, 6) is 0.788. The second-order valence-corrected chi connectivity index (χ2v) is 6.26. The summed E-state index contributed by atoms with van der Waals surface area (Å²) in [7, 11) is 1.71. The molecule has 1 amide bonds. The van der Waals surface area contributed by atoms with Crippen molar-refractivity contribution in [1.82, 2.24) is 10.6 Å². The number of hydrogen-bond acceptors (Lipinski definition) is 3. The first-order valence-corrected chi connectivity index (χ1v) is 6.94. The zero-order chi connectivity index (χ0) is 13.6. The molecule has 0 spiro atoms.